The number of ketones is 1. The van der Waals surface area contributed by atoms with Crippen LogP contribution in [-0.4, -0.2) is 38.3 Å². The van der Waals surface area contributed by atoms with Crippen molar-refractivity contribution in [2.75, 3.05) is 20.8 Å². The maximum atomic E-state index is 13.6. The molecular formula is C27H28ClNO5. The van der Waals surface area contributed by atoms with Crippen LogP contribution in [0.1, 0.15) is 49.7 Å². The average molecular weight is 482 g/mol. The molecule has 0 amide bonds. The van der Waals surface area contributed by atoms with Crippen molar-refractivity contribution < 1.29 is 23.8 Å². The molecule has 3 atom stereocenters. The van der Waals surface area contributed by atoms with Gasteiger partial charge in [-0.2, -0.15) is 0 Å². The first-order valence-corrected chi connectivity index (χ1v) is 11.7. The SMILES string of the molecule is CCOC(=O)C1C(C)=NC2=C(C(=O)C[C@@H](c3ccc(OC)c(OC)c3)C2)[C@@H]1c1ccccc1Cl. The Morgan fingerprint density at radius 1 is 1.09 bits per heavy atom. The third kappa shape index (κ3) is 4.34. The minimum Gasteiger partial charge on any atom is -0.493 e. The summed E-state index contributed by atoms with van der Waals surface area (Å²) in [6, 6.07) is 13.1. The normalized spacial score (nSPS) is 22.1. The Bertz CT molecular complexity index is 1190. The summed E-state index contributed by atoms with van der Waals surface area (Å²) in [7, 11) is 3.18. The quantitative estimate of drug-likeness (QED) is 0.509. The average Bonchev–Trinajstić information content (AvgIpc) is 2.83. The molecule has 1 heterocycles. The second kappa shape index (κ2) is 10.0. The van der Waals surface area contributed by atoms with Crippen molar-refractivity contribution in [2.45, 2.75) is 38.5 Å². The molecule has 4 rings (SSSR count). The van der Waals surface area contributed by atoms with Crippen LogP contribution in [-0.2, 0) is 14.3 Å². The highest BCUT2D eigenvalue weighted by Gasteiger charge is 2.45. The van der Waals surface area contributed by atoms with Gasteiger partial charge in [-0.3, -0.25) is 14.6 Å². The number of nitrogens with zero attached hydrogens (tertiary/aromatic N) is 1. The molecule has 1 aliphatic heterocycles. The molecule has 0 saturated carbocycles. The van der Waals surface area contributed by atoms with E-state index in [-0.39, 0.29) is 18.3 Å². The van der Waals surface area contributed by atoms with Crippen molar-refractivity contribution in [3.8, 4) is 11.5 Å². The van der Waals surface area contributed by atoms with Crippen molar-refractivity contribution >= 4 is 29.1 Å². The van der Waals surface area contributed by atoms with Crippen LogP contribution in [0.5, 0.6) is 11.5 Å². The number of hydrogen-bond donors (Lipinski definition) is 0. The van der Waals surface area contributed by atoms with E-state index in [0.29, 0.717) is 46.3 Å². The monoisotopic (exact) mass is 481 g/mol. The highest BCUT2D eigenvalue weighted by atomic mass is 35.5. The van der Waals surface area contributed by atoms with Crippen molar-refractivity contribution in [1.82, 2.24) is 0 Å². The fraction of sp³-hybridized carbons (Fsp3) is 0.370. The molecule has 0 aromatic heterocycles. The molecule has 7 heteroatoms. The van der Waals surface area contributed by atoms with Gasteiger partial charge >= 0.3 is 5.97 Å². The number of carbonyl (C=O) groups excluding carboxylic acids is 2. The van der Waals surface area contributed by atoms with Crippen LogP contribution in [0.25, 0.3) is 0 Å². The topological polar surface area (TPSA) is 74.2 Å². The van der Waals surface area contributed by atoms with Gasteiger partial charge in [0.2, 0.25) is 0 Å². The van der Waals surface area contributed by atoms with E-state index in [1.54, 1.807) is 27.2 Å². The summed E-state index contributed by atoms with van der Waals surface area (Å²) in [6.45, 7) is 3.83. The Kier molecular flexibility index (Phi) is 7.08. The number of benzene rings is 2. The van der Waals surface area contributed by atoms with Crippen LogP contribution in [0.15, 0.2) is 58.7 Å². The lowest BCUT2D eigenvalue weighted by Gasteiger charge is -2.36. The summed E-state index contributed by atoms with van der Waals surface area (Å²) < 4.78 is 16.2. The second-order valence-corrected chi connectivity index (χ2v) is 8.89. The molecule has 2 aliphatic rings. The largest absolute Gasteiger partial charge is 0.493 e. The number of methoxy groups -OCH3 is 2. The van der Waals surface area contributed by atoms with Crippen molar-refractivity contribution in [3.63, 3.8) is 0 Å². The minimum atomic E-state index is -0.694. The van der Waals surface area contributed by atoms with Gasteiger partial charge in [-0.25, -0.2) is 0 Å². The molecule has 2 aromatic rings. The maximum absolute atomic E-state index is 13.6. The lowest BCUT2D eigenvalue weighted by molar-refractivity contribution is -0.146. The molecule has 1 aliphatic carbocycles. The summed E-state index contributed by atoms with van der Waals surface area (Å²) in [4.78, 5) is 31.4. The van der Waals surface area contributed by atoms with E-state index in [2.05, 4.69) is 0 Å². The summed E-state index contributed by atoms with van der Waals surface area (Å²) >= 11 is 6.57. The summed E-state index contributed by atoms with van der Waals surface area (Å²) in [5.74, 6) is -0.456. The zero-order chi connectivity index (χ0) is 24.4. The molecule has 0 bridgehead atoms. The van der Waals surface area contributed by atoms with Gasteiger partial charge in [0.1, 0.15) is 5.92 Å². The van der Waals surface area contributed by atoms with Crippen molar-refractivity contribution in [3.05, 3.63) is 69.9 Å². The fourth-order valence-electron chi connectivity index (χ4n) is 5.00. The Labute approximate surface area is 204 Å². The molecule has 178 valence electrons. The first-order valence-electron chi connectivity index (χ1n) is 11.3. The molecule has 6 nitrogen and oxygen atoms in total. The zero-order valence-corrected chi connectivity index (χ0v) is 20.5. The van der Waals surface area contributed by atoms with Crippen LogP contribution in [0.4, 0.5) is 0 Å². The molecule has 0 fully saturated rings. The van der Waals surface area contributed by atoms with Gasteiger partial charge in [-0.15, -0.1) is 0 Å². The highest BCUT2D eigenvalue weighted by Crippen LogP contribution is 2.48. The highest BCUT2D eigenvalue weighted by molar-refractivity contribution is 6.31. The Hall–Kier alpha value is -3.12. The Morgan fingerprint density at radius 3 is 2.50 bits per heavy atom. The number of halogens is 1. The number of esters is 1. The van der Waals surface area contributed by atoms with Gasteiger partial charge in [-0.05, 0) is 55.5 Å². The first kappa shape index (κ1) is 24.0. The van der Waals surface area contributed by atoms with Crippen LogP contribution >= 0.6 is 11.6 Å². The van der Waals surface area contributed by atoms with Crippen LogP contribution < -0.4 is 9.47 Å². The van der Waals surface area contributed by atoms with Gasteiger partial charge in [-0.1, -0.05) is 35.9 Å². The van der Waals surface area contributed by atoms with Crippen LogP contribution in [0.3, 0.4) is 0 Å². The molecule has 1 unspecified atom stereocenters. The number of Topliss-reactive ketones (excluding diaryl/α,β-unsaturated/α-hetero) is 1. The number of ether oxygens (including phenoxy) is 3. The van der Waals surface area contributed by atoms with Gasteiger partial charge < -0.3 is 14.2 Å². The molecule has 2 aromatic carbocycles. The number of allylic oxidation sites excluding steroid dienone is 2. The smallest absolute Gasteiger partial charge is 0.315 e. The predicted octanol–water partition coefficient (Wildman–Crippen LogP) is 5.50. The zero-order valence-electron chi connectivity index (χ0n) is 19.8. The van der Waals surface area contributed by atoms with E-state index in [4.69, 9.17) is 30.8 Å². The molecule has 0 spiro atoms. The summed E-state index contributed by atoms with van der Waals surface area (Å²) in [5, 5.41) is 0.512. The second-order valence-electron chi connectivity index (χ2n) is 8.49. The van der Waals surface area contributed by atoms with E-state index in [9.17, 15) is 9.59 Å². The van der Waals surface area contributed by atoms with E-state index < -0.39 is 17.8 Å². The summed E-state index contributed by atoms with van der Waals surface area (Å²) in [6.07, 6.45) is 0.879. The lowest BCUT2D eigenvalue weighted by atomic mass is 9.69. The number of rotatable bonds is 6. The molecule has 0 radical (unpaired) electrons. The first-order chi connectivity index (χ1) is 16.4. The van der Waals surface area contributed by atoms with Crippen LogP contribution in [0, 0.1) is 5.92 Å². The number of aliphatic imine (C=N–C) groups is 1. The third-order valence-electron chi connectivity index (χ3n) is 6.55. The molecule has 0 N–H and O–H groups in total. The predicted molar refractivity (Wildman–Crippen MR) is 131 cm³/mol. The van der Waals surface area contributed by atoms with Gasteiger partial charge in [0.25, 0.3) is 0 Å². The Morgan fingerprint density at radius 2 is 1.82 bits per heavy atom. The van der Waals surface area contributed by atoms with Gasteiger partial charge in [0.15, 0.2) is 17.3 Å². The standard InChI is InChI=1S/C27H28ClNO5/c1-5-34-27(31)24-15(2)29-20-12-17(16-10-11-22(32-3)23(14-16)33-4)13-21(30)26(20)25(24)18-8-6-7-9-19(18)28/h6-11,14,17,24-25H,5,12-13H2,1-4H3/t17-,24?,25+/m0/s1. The molecule has 0 saturated heterocycles. The van der Waals surface area contributed by atoms with E-state index in [0.717, 1.165) is 11.1 Å². The molecule has 34 heavy (non-hydrogen) atoms. The van der Waals surface area contributed by atoms with E-state index >= 15 is 0 Å². The van der Waals surface area contributed by atoms with Gasteiger partial charge in [0.05, 0.1) is 20.8 Å². The van der Waals surface area contributed by atoms with Gasteiger partial charge in [0, 0.05) is 34.3 Å². The number of carbonyl (C=O) groups is 2. The number of hydrogen-bond acceptors (Lipinski definition) is 6. The van der Waals surface area contributed by atoms with E-state index in [1.807, 2.05) is 43.3 Å². The Balaban J connectivity index is 1.79. The van der Waals surface area contributed by atoms with Crippen molar-refractivity contribution in [1.29, 1.82) is 0 Å². The minimum absolute atomic E-state index is 0.0310. The molecular weight excluding hydrogens is 454 g/mol. The maximum Gasteiger partial charge on any atom is 0.315 e. The third-order valence-corrected chi connectivity index (χ3v) is 6.89. The fourth-order valence-corrected chi connectivity index (χ4v) is 5.26. The van der Waals surface area contributed by atoms with Crippen LogP contribution in [0.2, 0.25) is 5.02 Å². The summed E-state index contributed by atoms with van der Waals surface area (Å²) in [5.41, 5.74) is 3.62. The van der Waals surface area contributed by atoms with Crippen molar-refractivity contribution in [2.24, 2.45) is 10.9 Å². The van der Waals surface area contributed by atoms with E-state index in [1.165, 1.54) is 0 Å². The lowest BCUT2D eigenvalue weighted by Crippen LogP contribution is -2.38.